The van der Waals surface area contributed by atoms with Gasteiger partial charge in [0.1, 0.15) is 6.04 Å². The minimum absolute atomic E-state index is 0.125. The van der Waals surface area contributed by atoms with Crippen molar-refractivity contribution < 1.29 is 20.1 Å². The van der Waals surface area contributed by atoms with Crippen LogP contribution in [0.1, 0.15) is 5.56 Å². The van der Waals surface area contributed by atoms with E-state index >= 15 is 0 Å². The highest BCUT2D eigenvalue weighted by molar-refractivity contribution is 5.73. The molecule has 0 aliphatic heterocycles. The average molecular weight is 212 g/mol. The lowest BCUT2D eigenvalue weighted by molar-refractivity contribution is -0.139. The predicted octanol–water partition coefficient (Wildman–Crippen LogP) is -0.443. The third-order valence-electron chi connectivity index (χ3n) is 1.98. The summed E-state index contributed by atoms with van der Waals surface area (Å²) in [5, 5.41) is 26.9. The highest BCUT2D eigenvalue weighted by Crippen LogP contribution is 2.25. The molecule has 1 aromatic carbocycles. The summed E-state index contributed by atoms with van der Waals surface area (Å²) in [6.07, 6.45) is 0.125. The van der Waals surface area contributed by atoms with Crippen LogP contribution < -0.4 is 11.3 Å². The van der Waals surface area contributed by atoms with Crippen LogP contribution in [-0.2, 0) is 11.2 Å². The first-order chi connectivity index (χ1) is 7.04. The van der Waals surface area contributed by atoms with Crippen molar-refractivity contribution in [2.24, 2.45) is 5.84 Å². The number of benzene rings is 1. The molecule has 0 amide bonds. The number of aliphatic carboxylic acids is 1. The van der Waals surface area contributed by atoms with Gasteiger partial charge >= 0.3 is 5.97 Å². The molecule has 0 unspecified atom stereocenters. The number of nitrogens with two attached hydrogens (primary N) is 1. The lowest BCUT2D eigenvalue weighted by Gasteiger charge is -2.11. The van der Waals surface area contributed by atoms with Crippen LogP contribution in [0.15, 0.2) is 18.2 Å². The Bertz CT molecular complexity index is 367. The summed E-state index contributed by atoms with van der Waals surface area (Å²) in [4.78, 5) is 10.6. The molecule has 1 rings (SSSR count). The third-order valence-corrected chi connectivity index (χ3v) is 1.98. The highest BCUT2D eigenvalue weighted by atomic mass is 16.4. The third kappa shape index (κ3) is 2.83. The zero-order chi connectivity index (χ0) is 11.4. The van der Waals surface area contributed by atoms with Gasteiger partial charge in [-0.15, -0.1) is 0 Å². The zero-order valence-corrected chi connectivity index (χ0v) is 7.84. The van der Waals surface area contributed by atoms with Crippen LogP contribution in [0, 0.1) is 0 Å². The Balaban J connectivity index is 2.80. The number of carboxylic acid groups (broad SMARTS) is 1. The molecule has 6 nitrogen and oxygen atoms in total. The maximum Gasteiger partial charge on any atom is 0.322 e. The van der Waals surface area contributed by atoms with Crippen LogP contribution in [0.4, 0.5) is 0 Å². The highest BCUT2D eigenvalue weighted by Gasteiger charge is 2.16. The van der Waals surface area contributed by atoms with Crippen molar-refractivity contribution in [1.29, 1.82) is 0 Å². The fourth-order valence-corrected chi connectivity index (χ4v) is 1.15. The van der Waals surface area contributed by atoms with Crippen molar-refractivity contribution in [2.75, 3.05) is 0 Å². The van der Waals surface area contributed by atoms with Crippen molar-refractivity contribution in [3.63, 3.8) is 0 Å². The molecule has 0 aromatic heterocycles. The number of nitrogens with one attached hydrogen (secondary N) is 1. The van der Waals surface area contributed by atoms with Crippen molar-refractivity contribution >= 4 is 5.97 Å². The molecule has 82 valence electrons. The molecule has 15 heavy (non-hydrogen) atoms. The number of hydrogen-bond donors (Lipinski definition) is 5. The molecule has 0 saturated carbocycles. The fourth-order valence-electron chi connectivity index (χ4n) is 1.15. The zero-order valence-electron chi connectivity index (χ0n) is 7.84. The van der Waals surface area contributed by atoms with Gasteiger partial charge in [-0.3, -0.25) is 10.6 Å². The summed E-state index contributed by atoms with van der Waals surface area (Å²) in [6.45, 7) is 0. The summed E-state index contributed by atoms with van der Waals surface area (Å²) in [5.74, 6) is 3.44. The quantitative estimate of drug-likeness (QED) is 0.262. The Morgan fingerprint density at radius 2 is 2.07 bits per heavy atom. The standard InChI is InChI=1S/C9H12N2O4/c10-11-6(9(14)15)3-5-1-2-7(12)8(13)4-5/h1-2,4,6,11-13H,3,10H2,(H,14,15)/t6-/m0/s1. The minimum Gasteiger partial charge on any atom is -0.504 e. The van der Waals surface area contributed by atoms with Gasteiger partial charge in [-0.05, 0) is 24.1 Å². The van der Waals surface area contributed by atoms with Gasteiger partial charge < -0.3 is 15.3 Å². The van der Waals surface area contributed by atoms with Gasteiger partial charge in [-0.25, -0.2) is 5.43 Å². The van der Waals surface area contributed by atoms with Gasteiger partial charge in [0, 0.05) is 0 Å². The largest absolute Gasteiger partial charge is 0.504 e. The van der Waals surface area contributed by atoms with Gasteiger partial charge in [0.05, 0.1) is 0 Å². The summed E-state index contributed by atoms with van der Waals surface area (Å²) in [6, 6.07) is 3.18. The number of carboxylic acids is 1. The van der Waals surface area contributed by atoms with E-state index in [1.54, 1.807) is 0 Å². The molecule has 1 aromatic rings. The second kappa shape index (κ2) is 4.63. The van der Waals surface area contributed by atoms with E-state index in [0.29, 0.717) is 5.56 Å². The molecule has 0 spiro atoms. The van der Waals surface area contributed by atoms with E-state index in [-0.39, 0.29) is 17.9 Å². The van der Waals surface area contributed by atoms with Crippen LogP contribution >= 0.6 is 0 Å². The predicted molar refractivity (Wildman–Crippen MR) is 52.2 cm³/mol. The van der Waals surface area contributed by atoms with Gasteiger partial charge in [-0.1, -0.05) is 6.07 Å². The first-order valence-corrected chi connectivity index (χ1v) is 4.24. The van der Waals surface area contributed by atoms with Crippen molar-refractivity contribution in [2.45, 2.75) is 12.5 Å². The first kappa shape index (κ1) is 11.3. The molecule has 0 heterocycles. The number of rotatable bonds is 4. The van der Waals surface area contributed by atoms with Crippen LogP contribution in [-0.4, -0.2) is 27.3 Å². The minimum atomic E-state index is -1.08. The lowest BCUT2D eigenvalue weighted by atomic mass is 10.1. The van der Waals surface area contributed by atoms with E-state index in [1.807, 2.05) is 0 Å². The van der Waals surface area contributed by atoms with E-state index in [0.717, 1.165) is 0 Å². The smallest absolute Gasteiger partial charge is 0.322 e. The molecule has 0 aliphatic rings. The second-order valence-corrected chi connectivity index (χ2v) is 3.08. The van der Waals surface area contributed by atoms with Crippen LogP contribution in [0.25, 0.3) is 0 Å². The molecule has 0 aliphatic carbocycles. The Hall–Kier alpha value is -1.79. The normalized spacial score (nSPS) is 12.3. The molecule has 6 N–H and O–H groups in total. The van der Waals surface area contributed by atoms with E-state index < -0.39 is 12.0 Å². The molecule has 0 saturated heterocycles. The Morgan fingerprint density at radius 3 is 2.53 bits per heavy atom. The van der Waals surface area contributed by atoms with Crippen LogP contribution in [0.5, 0.6) is 11.5 Å². The molecule has 6 heteroatoms. The SMILES string of the molecule is NN[C@@H](Cc1ccc(O)c(O)c1)C(=O)O. The molecular weight excluding hydrogens is 200 g/mol. The van der Waals surface area contributed by atoms with E-state index in [9.17, 15) is 9.90 Å². The van der Waals surface area contributed by atoms with Gasteiger partial charge in [0.15, 0.2) is 11.5 Å². The van der Waals surface area contributed by atoms with Crippen LogP contribution in [0.2, 0.25) is 0 Å². The van der Waals surface area contributed by atoms with Gasteiger partial charge in [0.25, 0.3) is 0 Å². The molecule has 0 fully saturated rings. The van der Waals surface area contributed by atoms with E-state index in [1.165, 1.54) is 18.2 Å². The van der Waals surface area contributed by atoms with E-state index in [4.69, 9.17) is 16.1 Å². The van der Waals surface area contributed by atoms with E-state index in [2.05, 4.69) is 5.43 Å². The molecular formula is C9H12N2O4. The van der Waals surface area contributed by atoms with Crippen molar-refractivity contribution in [3.8, 4) is 11.5 Å². The maximum atomic E-state index is 10.6. The first-order valence-electron chi connectivity index (χ1n) is 4.24. The number of hydrogen-bond acceptors (Lipinski definition) is 5. The molecule has 1 atom stereocenters. The number of carbonyl (C=O) groups is 1. The molecule has 0 radical (unpaired) electrons. The van der Waals surface area contributed by atoms with Crippen molar-refractivity contribution in [3.05, 3.63) is 23.8 Å². The summed E-state index contributed by atoms with van der Waals surface area (Å²) in [5.41, 5.74) is 2.71. The summed E-state index contributed by atoms with van der Waals surface area (Å²) >= 11 is 0. The van der Waals surface area contributed by atoms with Crippen LogP contribution in [0.3, 0.4) is 0 Å². The number of aromatic hydroxyl groups is 2. The topological polar surface area (TPSA) is 116 Å². The number of phenolic OH excluding ortho intramolecular Hbond substituents is 2. The Morgan fingerprint density at radius 1 is 1.40 bits per heavy atom. The monoisotopic (exact) mass is 212 g/mol. The van der Waals surface area contributed by atoms with Gasteiger partial charge in [0.2, 0.25) is 0 Å². The Kier molecular flexibility index (Phi) is 3.48. The second-order valence-electron chi connectivity index (χ2n) is 3.08. The van der Waals surface area contributed by atoms with Crippen molar-refractivity contribution in [1.82, 2.24) is 5.43 Å². The fraction of sp³-hybridized carbons (Fsp3) is 0.222. The number of hydrazine groups is 1. The van der Waals surface area contributed by atoms with Gasteiger partial charge in [-0.2, -0.15) is 0 Å². The lowest BCUT2D eigenvalue weighted by Crippen LogP contribution is -2.42. The Labute approximate surface area is 85.9 Å². The maximum absolute atomic E-state index is 10.6. The molecule has 0 bridgehead atoms. The number of phenols is 2. The average Bonchev–Trinajstić information content (AvgIpc) is 2.19. The summed E-state index contributed by atoms with van der Waals surface area (Å²) < 4.78 is 0. The summed E-state index contributed by atoms with van der Waals surface area (Å²) in [7, 11) is 0.